The van der Waals surface area contributed by atoms with Crippen LogP contribution in [0.15, 0.2) is 11.6 Å². The molecular formula is C13H19N3O3S. The van der Waals surface area contributed by atoms with E-state index in [1.165, 1.54) is 0 Å². The summed E-state index contributed by atoms with van der Waals surface area (Å²) in [6, 6.07) is -0.555. The fraction of sp³-hybridized carbons (Fsp3) is 0.615. The van der Waals surface area contributed by atoms with Crippen LogP contribution in [-0.2, 0) is 11.2 Å². The smallest absolute Gasteiger partial charge is 0.315 e. The maximum Gasteiger partial charge on any atom is 0.315 e. The molecule has 2 unspecified atom stereocenters. The van der Waals surface area contributed by atoms with Crippen molar-refractivity contribution in [2.24, 2.45) is 5.92 Å². The van der Waals surface area contributed by atoms with Crippen LogP contribution < -0.4 is 10.6 Å². The highest BCUT2D eigenvalue weighted by molar-refractivity contribution is 7.09. The summed E-state index contributed by atoms with van der Waals surface area (Å²) >= 11 is 1.55. The van der Waals surface area contributed by atoms with Gasteiger partial charge in [0, 0.05) is 30.6 Å². The number of aromatic nitrogens is 1. The van der Waals surface area contributed by atoms with Crippen molar-refractivity contribution in [1.29, 1.82) is 0 Å². The zero-order valence-electron chi connectivity index (χ0n) is 11.2. The Morgan fingerprint density at radius 2 is 2.20 bits per heavy atom. The van der Waals surface area contributed by atoms with Gasteiger partial charge in [0.2, 0.25) is 0 Å². The fourth-order valence-electron chi connectivity index (χ4n) is 2.48. The molecule has 0 spiro atoms. The number of urea groups is 1. The van der Waals surface area contributed by atoms with E-state index in [9.17, 15) is 9.59 Å². The Labute approximate surface area is 121 Å². The van der Waals surface area contributed by atoms with Crippen LogP contribution >= 0.6 is 11.3 Å². The predicted molar refractivity (Wildman–Crippen MR) is 75.7 cm³/mol. The lowest BCUT2D eigenvalue weighted by Gasteiger charge is -2.29. The number of thiazole rings is 1. The number of amides is 2. The first-order chi connectivity index (χ1) is 9.66. The molecule has 0 radical (unpaired) electrons. The molecule has 0 aliphatic heterocycles. The van der Waals surface area contributed by atoms with Gasteiger partial charge in [-0.1, -0.05) is 12.8 Å². The highest BCUT2D eigenvalue weighted by Gasteiger charge is 2.31. The maximum absolute atomic E-state index is 11.8. The number of nitrogens with zero attached hydrogens (tertiary/aromatic N) is 1. The second-order valence-electron chi connectivity index (χ2n) is 4.91. The van der Waals surface area contributed by atoms with Gasteiger partial charge < -0.3 is 15.7 Å². The van der Waals surface area contributed by atoms with Crippen molar-refractivity contribution in [3.8, 4) is 0 Å². The molecule has 3 N–H and O–H groups in total. The molecule has 0 saturated heterocycles. The maximum atomic E-state index is 11.8. The highest BCUT2D eigenvalue weighted by Crippen LogP contribution is 2.24. The average Bonchev–Trinajstić information content (AvgIpc) is 2.92. The van der Waals surface area contributed by atoms with E-state index in [-0.39, 0.29) is 12.1 Å². The third kappa shape index (κ3) is 4.19. The summed E-state index contributed by atoms with van der Waals surface area (Å²) in [5.41, 5.74) is 0. The molecule has 20 heavy (non-hydrogen) atoms. The molecule has 2 amide bonds. The van der Waals surface area contributed by atoms with Crippen molar-refractivity contribution in [3.63, 3.8) is 0 Å². The van der Waals surface area contributed by atoms with Crippen molar-refractivity contribution < 1.29 is 14.7 Å². The molecule has 0 aromatic carbocycles. The molecule has 1 heterocycles. The SMILES string of the molecule is O=C(NCCc1nccs1)NC1CCCCC1C(=O)O. The van der Waals surface area contributed by atoms with Gasteiger partial charge >= 0.3 is 12.0 Å². The Morgan fingerprint density at radius 3 is 2.90 bits per heavy atom. The van der Waals surface area contributed by atoms with Crippen LogP contribution in [0, 0.1) is 5.92 Å². The van der Waals surface area contributed by atoms with E-state index in [2.05, 4.69) is 15.6 Å². The monoisotopic (exact) mass is 297 g/mol. The zero-order valence-corrected chi connectivity index (χ0v) is 12.0. The molecule has 1 fully saturated rings. The van der Waals surface area contributed by atoms with Crippen molar-refractivity contribution in [2.75, 3.05) is 6.54 Å². The number of nitrogens with one attached hydrogen (secondary N) is 2. The van der Waals surface area contributed by atoms with Gasteiger partial charge in [0.1, 0.15) is 0 Å². The third-order valence-electron chi connectivity index (χ3n) is 3.51. The van der Waals surface area contributed by atoms with E-state index in [0.29, 0.717) is 19.4 Å². The van der Waals surface area contributed by atoms with Crippen LogP contribution in [0.4, 0.5) is 4.79 Å². The lowest BCUT2D eigenvalue weighted by Crippen LogP contribution is -2.49. The lowest BCUT2D eigenvalue weighted by molar-refractivity contribution is -0.143. The Balaban J connectivity index is 1.73. The number of rotatable bonds is 5. The second kappa shape index (κ2) is 7.23. The van der Waals surface area contributed by atoms with Crippen LogP contribution in [0.3, 0.4) is 0 Å². The topological polar surface area (TPSA) is 91.3 Å². The first-order valence-electron chi connectivity index (χ1n) is 6.82. The van der Waals surface area contributed by atoms with Gasteiger partial charge in [-0.3, -0.25) is 4.79 Å². The van der Waals surface area contributed by atoms with Gasteiger partial charge in [-0.25, -0.2) is 9.78 Å². The Bertz CT molecular complexity index is 450. The van der Waals surface area contributed by atoms with Crippen molar-refractivity contribution in [2.45, 2.75) is 38.1 Å². The molecular weight excluding hydrogens is 278 g/mol. The number of hydrogen-bond donors (Lipinski definition) is 3. The van der Waals surface area contributed by atoms with E-state index >= 15 is 0 Å². The van der Waals surface area contributed by atoms with Gasteiger partial charge in [-0.05, 0) is 12.8 Å². The summed E-state index contributed by atoms with van der Waals surface area (Å²) in [7, 11) is 0. The first kappa shape index (κ1) is 14.8. The van der Waals surface area contributed by atoms with E-state index in [1.807, 2.05) is 5.38 Å². The Kier molecular flexibility index (Phi) is 5.34. The molecule has 1 aliphatic rings. The summed E-state index contributed by atoms with van der Waals surface area (Å²) in [5.74, 6) is -1.29. The number of carbonyl (C=O) groups is 2. The quantitative estimate of drug-likeness (QED) is 0.770. The summed E-state index contributed by atoms with van der Waals surface area (Å²) in [6.45, 7) is 0.504. The predicted octanol–water partition coefficient (Wildman–Crippen LogP) is 1.63. The van der Waals surface area contributed by atoms with Gasteiger partial charge in [0.05, 0.1) is 10.9 Å². The number of aliphatic carboxylic acids is 1. The van der Waals surface area contributed by atoms with E-state index in [1.54, 1.807) is 17.5 Å². The molecule has 1 aliphatic carbocycles. The lowest BCUT2D eigenvalue weighted by atomic mass is 9.84. The molecule has 1 saturated carbocycles. The van der Waals surface area contributed by atoms with Crippen molar-refractivity contribution in [1.82, 2.24) is 15.6 Å². The molecule has 7 heteroatoms. The van der Waals surface area contributed by atoms with Crippen LogP contribution in [0.1, 0.15) is 30.7 Å². The van der Waals surface area contributed by atoms with Crippen molar-refractivity contribution >= 4 is 23.3 Å². The normalized spacial score (nSPS) is 22.2. The number of hydrogen-bond acceptors (Lipinski definition) is 4. The molecule has 1 aromatic rings. The van der Waals surface area contributed by atoms with Gasteiger partial charge in [-0.2, -0.15) is 0 Å². The molecule has 0 bridgehead atoms. The molecule has 6 nitrogen and oxygen atoms in total. The Morgan fingerprint density at radius 1 is 1.40 bits per heavy atom. The third-order valence-corrected chi connectivity index (χ3v) is 4.35. The molecule has 2 atom stereocenters. The zero-order chi connectivity index (χ0) is 14.4. The molecule has 2 rings (SSSR count). The summed E-state index contributed by atoms with van der Waals surface area (Å²) < 4.78 is 0. The first-order valence-corrected chi connectivity index (χ1v) is 7.70. The van der Waals surface area contributed by atoms with Crippen molar-refractivity contribution in [3.05, 3.63) is 16.6 Å². The van der Waals surface area contributed by atoms with Crippen LogP contribution in [-0.4, -0.2) is 34.7 Å². The van der Waals surface area contributed by atoms with Crippen LogP contribution in [0.2, 0.25) is 0 Å². The minimum Gasteiger partial charge on any atom is -0.481 e. The second-order valence-corrected chi connectivity index (χ2v) is 5.89. The molecule has 1 aromatic heterocycles. The van der Waals surface area contributed by atoms with Gasteiger partial charge in [0.15, 0.2) is 0 Å². The van der Waals surface area contributed by atoms with Crippen LogP contribution in [0.25, 0.3) is 0 Å². The Hall–Kier alpha value is -1.63. The summed E-state index contributed by atoms with van der Waals surface area (Å²) in [5, 5.41) is 17.6. The minimum atomic E-state index is -0.821. The molecule has 110 valence electrons. The number of carboxylic acids is 1. The highest BCUT2D eigenvalue weighted by atomic mass is 32.1. The van der Waals surface area contributed by atoms with Gasteiger partial charge in [-0.15, -0.1) is 11.3 Å². The summed E-state index contributed by atoms with van der Waals surface area (Å²) in [6.07, 6.45) is 5.68. The fourth-order valence-corrected chi connectivity index (χ4v) is 3.10. The standard InChI is InChI=1S/C13H19N3O3S/c17-12(18)9-3-1-2-4-10(9)16-13(19)15-6-5-11-14-7-8-20-11/h7-10H,1-6H2,(H,17,18)(H2,15,16,19). The van der Waals surface area contributed by atoms with Gasteiger partial charge in [0.25, 0.3) is 0 Å². The van der Waals surface area contributed by atoms with Crippen LogP contribution in [0.5, 0.6) is 0 Å². The minimum absolute atomic E-state index is 0.263. The van der Waals surface area contributed by atoms with E-state index in [4.69, 9.17) is 5.11 Å². The largest absolute Gasteiger partial charge is 0.481 e. The average molecular weight is 297 g/mol. The van der Waals surface area contributed by atoms with E-state index in [0.717, 1.165) is 24.3 Å². The number of carboxylic acid groups (broad SMARTS) is 1. The summed E-state index contributed by atoms with van der Waals surface area (Å²) in [4.78, 5) is 27.0. The van der Waals surface area contributed by atoms with E-state index < -0.39 is 11.9 Å². The number of carbonyl (C=O) groups excluding carboxylic acids is 1.